The highest BCUT2D eigenvalue weighted by Crippen LogP contribution is 2.34. The zero-order chi connectivity index (χ0) is 20.2. The van der Waals surface area contributed by atoms with Gasteiger partial charge in [-0.2, -0.15) is 0 Å². The summed E-state index contributed by atoms with van der Waals surface area (Å²) in [5.74, 6) is 3.18. The van der Waals surface area contributed by atoms with E-state index < -0.39 is 0 Å². The van der Waals surface area contributed by atoms with E-state index in [1.807, 2.05) is 55.5 Å². The van der Waals surface area contributed by atoms with Crippen molar-refractivity contribution in [1.82, 2.24) is 9.55 Å². The van der Waals surface area contributed by atoms with Crippen LogP contribution < -0.4 is 10.3 Å². The Hall–Kier alpha value is -2.27. The summed E-state index contributed by atoms with van der Waals surface area (Å²) in [6, 6.07) is 15.3. The van der Waals surface area contributed by atoms with Gasteiger partial charge < -0.3 is 4.74 Å². The third kappa shape index (κ3) is 4.35. The first kappa shape index (κ1) is 20.0. The Morgan fingerprint density at radius 1 is 1.14 bits per heavy atom. The average Bonchev–Trinajstić information content (AvgIpc) is 2.73. The fraction of sp³-hybridized carbons (Fsp3) is 0.417. The van der Waals surface area contributed by atoms with Gasteiger partial charge in [0.2, 0.25) is 0 Å². The van der Waals surface area contributed by atoms with Crippen LogP contribution in [0.3, 0.4) is 0 Å². The predicted octanol–water partition coefficient (Wildman–Crippen LogP) is 5.70. The third-order valence-electron chi connectivity index (χ3n) is 5.64. The number of benzene rings is 2. The van der Waals surface area contributed by atoms with Crippen LogP contribution in [0.4, 0.5) is 0 Å². The second-order valence-corrected chi connectivity index (χ2v) is 8.89. The summed E-state index contributed by atoms with van der Waals surface area (Å²) in [6.45, 7) is 4.85. The van der Waals surface area contributed by atoms with Gasteiger partial charge in [-0.3, -0.25) is 9.36 Å². The van der Waals surface area contributed by atoms with Crippen molar-refractivity contribution < 1.29 is 4.74 Å². The van der Waals surface area contributed by atoms with Crippen molar-refractivity contribution in [3.8, 4) is 11.4 Å². The van der Waals surface area contributed by atoms with Crippen LogP contribution in [-0.2, 0) is 0 Å². The number of hydrogen-bond acceptors (Lipinski definition) is 4. The molecule has 1 fully saturated rings. The Kier molecular flexibility index (Phi) is 6.24. The number of rotatable bonds is 6. The molecular formula is C24H28N2O2S. The van der Waals surface area contributed by atoms with Crippen LogP contribution in [-0.4, -0.2) is 21.9 Å². The Morgan fingerprint density at radius 2 is 1.93 bits per heavy atom. The maximum Gasteiger partial charge on any atom is 0.266 e. The molecule has 152 valence electrons. The first-order valence-corrected chi connectivity index (χ1v) is 11.5. The van der Waals surface area contributed by atoms with Gasteiger partial charge in [-0.05, 0) is 55.9 Å². The van der Waals surface area contributed by atoms with Crippen LogP contribution in [0.5, 0.6) is 5.75 Å². The zero-order valence-corrected chi connectivity index (χ0v) is 18.0. The molecular weight excluding hydrogens is 380 g/mol. The quantitative estimate of drug-likeness (QED) is 0.387. The van der Waals surface area contributed by atoms with Crippen molar-refractivity contribution in [2.75, 3.05) is 12.4 Å². The Morgan fingerprint density at radius 3 is 2.76 bits per heavy atom. The molecule has 2 unspecified atom stereocenters. The van der Waals surface area contributed by atoms with E-state index in [2.05, 4.69) is 6.92 Å². The number of hydrogen-bond donors (Lipinski definition) is 0. The minimum Gasteiger partial charge on any atom is -0.492 e. The highest BCUT2D eigenvalue weighted by molar-refractivity contribution is 7.99. The third-order valence-corrected chi connectivity index (χ3v) is 6.81. The summed E-state index contributed by atoms with van der Waals surface area (Å²) in [5, 5.41) is 1.38. The molecule has 0 amide bonds. The standard InChI is InChI=1S/C24H28N2O2S/c1-3-28-22-14-7-6-13-21(22)26-23(27)19-11-4-5-12-20(19)25-24(26)29-16-18-10-8-9-17(2)15-18/h4-7,11-14,17-18H,3,8-10,15-16H2,1-2H3. The van der Waals surface area contributed by atoms with Gasteiger partial charge in [0.1, 0.15) is 5.75 Å². The summed E-state index contributed by atoms with van der Waals surface area (Å²) >= 11 is 1.70. The molecule has 2 atom stereocenters. The smallest absolute Gasteiger partial charge is 0.266 e. The highest BCUT2D eigenvalue weighted by atomic mass is 32.2. The Labute approximate surface area is 176 Å². The first-order valence-electron chi connectivity index (χ1n) is 10.5. The van der Waals surface area contributed by atoms with E-state index in [1.165, 1.54) is 25.7 Å². The van der Waals surface area contributed by atoms with Crippen LogP contribution >= 0.6 is 11.8 Å². The Balaban J connectivity index is 1.78. The van der Waals surface area contributed by atoms with Gasteiger partial charge in [-0.25, -0.2) is 4.98 Å². The number of ether oxygens (including phenoxy) is 1. The number of para-hydroxylation sites is 3. The predicted molar refractivity (Wildman–Crippen MR) is 120 cm³/mol. The molecule has 0 N–H and O–H groups in total. The molecule has 0 aliphatic heterocycles. The van der Waals surface area contributed by atoms with Crippen molar-refractivity contribution in [3.05, 3.63) is 58.9 Å². The van der Waals surface area contributed by atoms with Gasteiger partial charge in [0.15, 0.2) is 5.16 Å². The van der Waals surface area contributed by atoms with Crippen molar-refractivity contribution in [1.29, 1.82) is 0 Å². The van der Waals surface area contributed by atoms with E-state index >= 15 is 0 Å². The van der Waals surface area contributed by atoms with Gasteiger partial charge in [0.25, 0.3) is 5.56 Å². The lowest BCUT2D eigenvalue weighted by atomic mass is 9.83. The zero-order valence-electron chi connectivity index (χ0n) is 17.1. The summed E-state index contributed by atoms with van der Waals surface area (Å²) in [7, 11) is 0. The lowest BCUT2D eigenvalue weighted by Crippen LogP contribution is -2.23. The number of aromatic nitrogens is 2. The molecule has 2 aromatic carbocycles. The summed E-state index contributed by atoms with van der Waals surface area (Å²) in [5.41, 5.74) is 1.47. The molecule has 1 heterocycles. The summed E-state index contributed by atoms with van der Waals surface area (Å²) < 4.78 is 7.57. The first-order chi connectivity index (χ1) is 14.2. The van der Waals surface area contributed by atoms with Crippen molar-refractivity contribution >= 4 is 22.7 Å². The summed E-state index contributed by atoms with van der Waals surface area (Å²) in [6.07, 6.45) is 5.17. The van der Waals surface area contributed by atoms with Crippen LogP contribution in [0, 0.1) is 11.8 Å². The molecule has 1 aromatic heterocycles. The fourth-order valence-electron chi connectivity index (χ4n) is 4.24. The molecule has 5 heteroatoms. The van der Waals surface area contributed by atoms with E-state index in [0.717, 1.165) is 28.0 Å². The molecule has 0 radical (unpaired) electrons. The molecule has 0 bridgehead atoms. The van der Waals surface area contributed by atoms with E-state index in [-0.39, 0.29) is 5.56 Å². The second kappa shape index (κ2) is 9.04. The molecule has 0 saturated heterocycles. The number of fused-ring (bicyclic) bond motifs is 1. The molecule has 4 rings (SSSR count). The van der Waals surface area contributed by atoms with E-state index in [0.29, 0.717) is 23.7 Å². The van der Waals surface area contributed by atoms with Crippen molar-refractivity contribution in [2.45, 2.75) is 44.7 Å². The number of nitrogens with zero attached hydrogens (tertiary/aromatic N) is 2. The SMILES string of the molecule is CCOc1ccccc1-n1c(SCC2CCCC(C)C2)nc2ccccc2c1=O. The van der Waals surface area contributed by atoms with Crippen molar-refractivity contribution in [3.63, 3.8) is 0 Å². The normalized spacial score (nSPS) is 19.4. The molecule has 29 heavy (non-hydrogen) atoms. The monoisotopic (exact) mass is 408 g/mol. The Bertz CT molecular complexity index is 1050. The lowest BCUT2D eigenvalue weighted by molar-refractivity contribution is 0.305. The summed E-state index contributed by atoms with van der Waals surface area (Å²) in [4.78, 5) is 18.4. The molecule has 1 aliphatic carbocycles. The molecule has 0 spiro atoms. The average molecular weight is 409 g/mol. The maximum absolute atomic E-state index is 13.5. The van der Waals surface area contributed by atoms with E-state index in [9.17, 15) is 4.79 Å². The molecule has 3 aromatic rings. The minimum absolute atomic E-state index is 0.0396. The lowest BCUT2D eigenvalue weighted by Gasteiger charge is -2.26. The maximum atomic E-state index is 13.5. The molecule has 4 nitrogen and oxygen atoms in total. The van der Waals surface area contributed by atoms with Gasteiger partial charge in [-0.15, -0.1) is 0 Å². The van der Waals surface area contributed by atoms with Crippen LogP contribution in [0.2, 0.25) is 0 Å². The van der Waals surface area contributed by atoms with Gasteiger partial charge >= 0.3 is 0 Å². The van der Waals surface area contributed by atoms with E-state index in [1.54, 1.807) is 16.3 Å². The van der Waals surface area contributed by atoms with Gasteiger partial charge in [0, 0.05) is 5.75 Å². The molecule has 1 saturated carbocycles. The molecule has 1 aliphatic rings. The van der Waals surface area contributed by atoms with Crippen LogP contribution in [0.15, 0.2) is 58.5 Å². The largest absolute Gasteiger partial charge is 0.492 e. The highest BCUT2D eigenvalue weighted by Gasteiger charge is 2.21. The van der Waals surface area contributed by atoms with Gasteiger partial charge in [0.05, 0.1) is 23.2 Å². The topological polar surface area (TPSA) is 44.1 Å². The number of thioether (sulfide) groups is 1. The van der Waals surface area contributed by atoms with Crippen LogP contribution in [0.1, 0.15) is 39.5 Å². The minimum atomic E-state index is -0.0396. The fourth-order valence-corrected chi connectivity index (χ4v) is 5.41. The van der Waals surface area contributed by atoms with Crippen LogP contribution in [0.25, 0.3) is 16.6 Å². The van der Waals surface area contributed by atoms with Crippen molar-refractivity contribution in [2.24, 2.45) is 11.8 Å². The van der Waals surface area contributed by atoms with Gasteiger partial charge in [-0.1, -0.05) is 55.8 Å². The second-order valence-electron chi connectivity index (χ2n) is 7.90. The van der Waals surface area contributed by atoms with E-state index in [4.69, 9.17) is 9.72 Å².